The highest BCUT2D eigenvalue weighted by Gasteiger charge is 2.33. The summed E-state index contributed by atoms with van der Waals surface area (Å²) in [5.41, 5.74) is -0.296. The summed E-state index contributed by atoms with van der Waals surface area (Å²) in [5.74, 6) is -3.30. The minimum atomic E-state index is -5.04. The Balaban J connectivity index is 1.64. The van der Waals surface area contributed by atoms with Crippen LogP contribution in [0.15, 0.2) is 30.5 Å². The van der Waals surface area contributed by atoms with Crippen LogP contribution in [0.2, 0.25) is 0 Å². The van der Waals surface area contributed by atoms with E-state index in [2.05, 4.69) is 25.3 Å². The number of aromatic nitrogens is 2. The molecular weight excluding hydrogens is 384 g/mol. The molecule has 2 amide bonds. The minimum Gasteiger partial charge on any atom is -0.403 e. The molecule has 2 aromatic rings. The van der Waals surface area contributed by atoms with Crippen LogP contribution in [0.1, 0.15) is 28.9 Å². The molecule has 1 aliphatic carbocycles. The van der Waals surface area contributed by atoms with Gasteiger partial charge in [0.2, 0.25) is 11.9 Å². The van der Waals surface area contributed by atoms with Crippen LogP contribution >= 0.6 is 0 Å². The van der Waals surface area contributed by atoms with E-state index in [1.54, 1.807) is 0 Å². The third-order valence-corrected chi connectivity index (χ3v) is 3.78. The zero-order chi connectivity index (χ0) is 20.3. The molecule has 0 atom stereocenters. The molecule has 0 radical (unpaired) electrons. The number of ether oxygens (including phenoxy) is 1. The average Bonchev–Trinajstić information content (AvgIpc) is 3.46. The maximum Gasteiger partial charge on any atom is 0.573 e. The lowest BCUT2D eigenvalue weighted by atomic mass is 10.2. The Kier molecular flexibility index (Phi) is 5.43. The number of anilines is 1. The van der Waals surface area contributed by atoms with Crippen molar-refractivity contribution in [1.29, 1.82) is 0 Å². The summed E-state index contributed by atoms with van der Waals surface area (Å²) < 4.78 is 54.5. The fraction of sp³-hybridized carbons (Fsp3) is 0.294. The number of benzene rings is 1. The molecule has 0 bridgehead atoms. The van der Waals surface area contributed by atoms with Gasteiger partial charge in [-0.2, -0.15) is 0 Å². The first-order valence-corrected chi connectivity index (χ1v) is 8.18. The average molecular weight is 398 g/mol. The van der Waals surface area contributed by atoms with Gasteiger partial charge < -0.3 is 10.1 Å². The first-order chi connectivity index (χ1) is 13.2. The molecule has 1 aromatic heterocycles. The predicted octanol–water partition coefficient (Wildman–Crippen LogP) is 2.79. The first-order valence-electron chi connectivity index (χ1n) is 8.18. The molecule has 148 valence electrons. The van der Waals surface area contributed by atoms with E-state index in [9.17, 15) is 27.2 Å². The van der Waals surface area contributed by atoms with Crippen molar-refractivity contribution in [3.63, 3.8) is 0 Å². The number of nitrogens with one attached hydrogen (secondary N) is 2. The van der Waals surface area contributed by atoms with Crippen LogP contribution in [0.25, 0.3) is 0 Å². The molecule has 0 aliphatic heterocycles. The van der Waals surface area contributed by atoms with Gasteiger partial charge >= 0.3 is 6.36 Å². The van der Waals surface area contributed by atoms with Gasteiger partial charge in [0.1, 0.15) is 5.69 Å². The third kappa shape index (κ3) is 5.15. The molecule has 28 heavy (non-hydrogen) atoms. The molecule has 0 spiro atoms. The monoisotopic (exact) mass is 398 g/mol. The van der Waals surface area contributed by atoms with Crippen molar-refractivity contribution in [2.24, 2.45) is 5.92 Å². The maximum atomic E-state index is 14.1. The molecule has 2 N–H and O–H groups in total. The Morgan fingerprint density at radius 3 is 2.64 bits per heavy atom. The molecule has 11 heteroatoms. The van der Waals surface area contributed by atoms with Crippen molar-refractivity contribution >= 4 is 17.8 Å². The fourth-order valence-corrected chi connectivity index (χ4v) is 2.27. The fourth-order valence-electron chi connectivity index (χ4n) is 2.27. The van der Waals surface area contributed by atoms with E-state index < -0.39 is 30.4 Å². The summed E-state index contributed by atoms with van der Waals surface area (Å²) in [7, 11) is 0. The van der Waals surface area contributed by atoms with Gasteiger partial charge in [0.05, 0.1) is 0 Å². The van der Waals surface area contributed by atoms with Gasteiger partial charge in [-0.3, -0.25) is 14.9 Å². The molecular formula is C17H14F4N4O3. The number of hydrogen-bond acceptors (Lipinski definition) is 5. The highest BCUT2D eigenvalue weighted by molar-refractivity contribution is 5.94. The van der Waals surface area contributed by atoms with Crippen LogP contribution in [-0.2, 0) is 11.3 Å². The number of halogens is 4. The van der Waals surface area contributed by atoms with E-state index in [1.165, 1.54) is 24.4 Å². The smallest absolute Gasteiger partial charge is 0.403 e. The number of amides is 2. The quantitative estimate of drug-likeness (QED) is 0.730. The molecule has 0 unspecified atom stereocenters. The standard InChI is InChI=1S/C17H14F4N4O3/c18-13-10(2-1-3-12(13)28-17(19,20)21)8-23-15(27)11-6-7-22-16(24-11)25-14(26)9-4-5-9/h1-3,6-7,9H,4-5,8H2,(H,23,27)(H,22,24,25,26). The lowest BCUT2D eigenvalue weighted by molar-refractivity contribution is -0.275. The summed E-state index contributed by atoms with van der Waals surface area (Å²) in [6.45, 7) is -0.395. The molecule has 3 rings (SSSR count). The van der Waals surface area contributed by atoms with E-state index >= 15 is 0 Å². The van der Waals surface area contributed by atoms with Crippen LogP contribution in [0.3, 0.4) is 0 Å². The zero-order valence-electron chi connectivity index (χ0n) is 14.2. The van der Waals surface area contributed by atoms with E-state index in [4.69, 9.17) is 0 Å². The topological polar surface area (TPSA) is 93.2 Å². The minimum absolute atomic E-state index is 0.0451. The van der Waals surface area contributed by atoms with Crippen molar-refractivity contribution in [1.82, 2.24) is 15.3 Å². The van der Waals surface area contributed by atoms with E-state index in [1.807, 2.05) is 0 Å². The van der Waals surface area contributed by atoms with Crippen molar-refractivity contribution < 1.29 is 31.9 Å². The highest BCUT2D eigenvalue weighted by Crippen LogP contribution is 2.30. The van der Waals surface area contributed by atoms with Gasteiger partial charge in [-0.1, -0.05) is 12.1 Å². The van der Waals surface area contributed by atoms with Crippen LogP contribution in [0.5, 0.6) is 5.75 Å². The molecule has 7 nitrogen and oxygen atoms in total. The Bertz CT molecular complexity index is 900. The molecule has 1 aromatic carbocycles. The lowest BCUT2D eigenvalue weighted by Crippen LogP contribution is -2.25. The van der Waals surface area contributed by atoms with Crippen molar-refractivity contribution in [3.05, 3.63) is 47.5 Å². The van der Waals surface area contributed by atoms with E-state index in [-0.39, 0.29) is 29.0 Å². The van der Waals surface area contributed by atoms with Gasteiger partial charge in [-0.15, -0.1) is 13.2 Å². The Labute approximate surface area is 156 Å². The number of carbonyl (C=O) groups excluding carboxylic acids is 2. The second-order valence-corrected chi connectivity index (χ2v) is 5.99. The van der Waals surface area contributed by atoms with Crippen LogP contribution in [0, 0.1) is 11.7 Å². The summed E-state index contributed by atoms with van der Waals surface area (Å²) in [4.78, 5) is 31.6. The summed E-state index contributed by atoms with van der Waals surface area (Å²) in [6, 6.07) is 4.48. The summed E-state index contributed by atoms with van der Waals surface area (Å²) >= 11 is 0. The van der Waals surface area contributed by atoms with Gasteiger partial charge in [-0.25, -0.2) is 14.4 Å². The van der Waals surface area contributed by atoms with Crippen LogP contribution in [-0.4, -0.2) is 28.1 Å². The molecule has 1 fully saturated rings. The van der Waals surface area contributed by atoms with Gasteiger partial charge in [0, 0.05) is 24.2 Å². The number of carbonyl (C=O) groups is 2. The van der Waals surface area contributed by atoms with Gasteiger partial charge in [-0.05, 0) is 25.0 Å². The predicted molar refractivity (Wildman–Crippen MR) is 87.6 cm³/mol. The van der Waals surface area contributed by atoms with Crippen molar-refractivity contribution in [2.45, 2.75) is 25.7 Å². The molecule has 0 saturated heterocycles. The molecule has 1 aliphatic rings. The lowest BCUT2D eigenvalue weighted by Gasteiger charge is -2.12. The Morgan fingerprint density at radius 1 is 1.21 bits per heavy atom. The zero-order valence-corrected chi connectivity index (χ0v) is 14.2. The maximum absolute atomic E-state index is 14.1. The van der Waals surface area contributed by atoms with Gasteiger partial charge in [0.25, 0.3) is 5.91 Å². The summed E-state index contributed by atoms with van der Waals surface area (Å²) in [5, 5.41) is 4.83. The second kappa shape index (κ2) is 7.79. The summed E-state index contributed by atoms with van der Waals surface area (Å²) in [6.07, 6.45) is -2.20. The number of alkyl halides is 3. The Hall–Kier alpha value is -3.24. The number of nitrogens with zero attached hydrogens (tertiary/aromatic N) is 2. The third-order valence-electron chi connectivity index (χ3n) is 3.78. The Morgan fingerprint density at radius 2 is 1.96 bits per heavy atom. The van der Waals surface area contributed by atoms with Crippen LogP contribution in [0.4, 0.5) is 23.5 Å². The van der Waals surface area contributed by atoms with Gasteiger partial charge in [0.15, 0.2) is 11.6 Å². The van der Waals surface area contributed by atoms with Crippen molar-refractivity contribution in [3.8, 4) is 5.75 Å². The molecule has 1 heterocycles. The van der Waals surface area contributed by atoms with Crippen molar-refractivity contribution in [2.75, 3.05) is 5.32 Å². The highest BCUT2D eigenvalue weighted by atomic mass is 19.4. The number of hydrogen-bond donors (Lipinski definition) is 2. The van der Waals surface area contributed by atoms with E-state index in [0.29, 0.717) is 0 Å². The SMILES string of the molecule is O=C(NCc1cccc(OC(F)(F)F)c1F)c1ccnc(NC(=O)C2CC2)n1. The first kappa shape index (κ1) is 19.5. The normalized spacial score (nSPS) is 13.7. The second-order valence-electron chi connectivity index (χ2n) is 5.99. The van der Waals surface area contributed by atoms with Crippen LogP contribution < -0.4 is 15.4 Å². The largest absolute Gasteiger partial charge is 0.573 e. The molecule has 1 saturated carbocycles. The number of rotatable bonds is 6. The van der Waals surface area contributed by atoms with E-state index in [0.717, 1.165) is 18.9 Å².